The van der Waals surface area contributed by atoms with Crippen molar-refractivity contribution in [2.24, 2.45) is 0 Å². The Hall–Kier alpha value is -1.16. The van der Waals surface area contributed by atoms with Crippen molar-refractivity contribution in [3.05, 3.63) is 23.8 Å². The Balaban J connectivity index is 2.06. The van der Waals surface area contributed by atoms with E-state index in [0.29, 0.717) is 11.3 Å². The maximum atomic E-state index is 12.5. The van der Waals surface area contributed by atoms with Crippen molar-refractivity contribution in [2.75, 3.05) is 26.5 Å². The van der Waals surface area contributed by atoms with Crippen molar-refractivity contribution in [2.45, 2.75) is 43.5 Å². The van der Waals surface area contributed by atoms with E-state index in [9.17, 15) is 16.8 Å². The van der Waals surface area contributed by atoms with Gasteiger partial charge in [0.25, 0.3) is 0 Å². The summed E-state index contributed by atoms with van der Waals surface area (Å²) in [4.78, 5) is 0.167. The maximum absolute atomic E-state index is 12.5. The summed E-state index contributed by atoms with van der Waals surface area (Å²) in [6.45, 7) is 1.87. The summed E-state index contributed by atoms with van der Waals surface area (Å²) >= 11 is 0. The number of rotatable bonds is 8. The Bertz CT molecular complexity index is 800. The summed E-state index contributed by atoms with van der Waals surface area (Å²) in [6, 6.07) is 4.70. The first-order valence-corrected chi connectivity index (χ1v) is 11.6. The minimum absolute atomic E-state index is 0.0257. The Morgan fingerprint density at radius 1 is 1.20 bits per heavy atom. The quantitative estimate of drug-likeness (QED) is 0.726. The van der Waals surface area contributed by atoms with Crippen molar-refractivity contribution in [1.82, 2.24) is 9.03 Å². The Morgan fingerprint density at radius 3 is 2.36 bits per heavy atom. The van der Waals surface area contributed by atoms with Crippen molar-refractivity contribution < 1.29 is 21.6 Å². The van der Waals surface area contributed by atoms with E-state index in [1.165, 1.54) is 23.7 Å². The van der Waals surface area contributed by atoms with Gasteiger partial charge in [0, 0.05) is 19.1 Å². The molecule has 0 amide bonds. The molecule has 0 unspecified atom stereocenters. The van der Waals surface area contributed by atoms with E-state index >= 15 is 0 Å². The molecule has 0 bridgehead atoms. The van der Waals surface area contributed by atoms with Crippen LogP contribution in [-0.2, 0) is 20.0 Å². The highest BCUT2D eigenvalue weighted by Crippen LogP contribution is 2.25. The van der Waals surface area contributed by atoms with E-state index in [0.717, 1.165) is 25.7 Å². The summed E-state index contributed by atoms with van der Waals surface area (Å²) < 4.78 is 58.0. The van der Waals surface area contributed by atoms with Gasteiger partial charge < -0.3 is 4.74 Å². The number of sulfonamides is 2. The predicted octanol–water partition coefficient (Wildman–Crippen LogP) is 1.49. The van der Waals surface area contributed by atoms with E-state index < -0.39 is 20.0 Å². The van der Waals surface area contributed by atoms with Crippen molar-refractivity contribution >= 4 is 20.0 Å². The number of benzene rings is 1. The average molecular weight is 391 g/mol. The van der Waals surface area contributed by atoms with Gasteiger partial charge >= 0.3 is 0 Å². The molecule has 0 radical (unpaired) electrons. The predicted molar refractivity (Wildman–Crippen MR) is 96.7 cm³/mol. The molecule has 1 fully saturated rings. The number of hydrogen-bond donors (Lipinski definition) is 1. The first-order chi connectivity index (χ1) is 11.6. The van der Waals surface area contributed by atoms with Gasteiger partial charge in [-0.25, -0.2) is 21.6 Å². The largest absolute Gasteiger partial charge is 0.497 e. The fourth-order valence-corrected chi connectivity index (χ4v) is 5.65. The molecule has 9 heteroatoms. The number of ether oxygens (including phenoxy) is 1. The van der Waals surface area contributed by atoms with E-state index in [-0.39, 0.29) is 24.0 Å². The highest BCUT2D eigenvalue weighted by Gasteiger charge is 2.29. The molecule has 0 aromatic heterocycles. The van der Waals surface area contributed by atoms with Gasteiger partial charge in [-0.3, -0.25) is 0 Å². The van der Waals surface area contributed by atoms with Crippen molar-refractivity contribution in [1.29, 1.82) is 0 Å². The average Bonchev–Trinajstić information content (AvgIpc) is 3.03. The van der Waals surface area contributed by atoms with Crippen LogP contribution in [0.2, 0.25) is 0 Å². The zero-order valence-electron chi connectivity index (χ0n) is 14.9. The van der Waals surface area contributed by atoms with E-state index in [2.05, 4.69) is 4.72 Å². The van der Waals surface area contributed by atoms with Crippen LogP contribution < -0.4 is 9.46 Å². The molecule has 1 aromatic rings. The van der Waals surface area contributed by atoms with Gasteiger partial charge in [0.1, 0.15) is 5.75 Å². The molecule has 0 aliphatic heterocycles. The summed E-state index contributed by atoms with van der Waals surface area (Å²) in [5.41, 5.74) is 0.572. The Labute approximate surface area is 150 Å². The van der Waals surface area contributed by atoms with Gasteiger partial charge in [-0.05, 0) is 43.5 Å². The molecule has 0 saturated heterocycles. The van der Waals surface area contributed by atoms with Gasteiger partial charge in [-0.1, -0.05) is 12.8 Å². The third-order valence-electron chi connectivity index (χ3n) is 4.45. The summed E-state index contributed by atoms with van der Waals surface area (Å²) in [7, 11) is -5.56. The minimum Gasteiger partial charge on any atom is -0.497 e. The standard InChI is InChI=1S/C16H26N2O5S2/c1-13-12-15(23-2)8-9-16(13)25(21,22)17-10-11-18(24(3,19)20)14-6-4-5-7-14/h8-9,12,14,17H,4-7,10-11H2,1-3H3. The minimum atomic E-state index is -3.71. The van der Waals surface area contributed by atoms with Crippen molar-refractivity contribution in [3.63, 3.8) is 0 Å². The Morgan fingerprint density at radius 2 is 1.84 bits per heavy atom. The SMILES string of the molecule is COc1ccc(S(=O)(=O)NCCN(C2CCCC2)S(C)(=O)=O)c(C)c1. The molecule has 7 nitrogen and oxygen atoms in total. The topological polar surface area (TPSA) is 92.8 Å². The lowest BCUT2D eigenvalue weighted by atomic mass is 10.2. The van der Waals surface area contributed by atoms with Gasteiger partial charge in [0.2, 0.25) is 20.0 Å². The molecule has 1 aromatic carbocycles. The molecule has 0 heterocycles. The highest BCUT2D eigenvalue weighted by molar-refractivity contribution is 7.89. The fourth-order valence-electron chi connectivity index (χ4n) is 3.23. The zero-order chi connectivity index (χ0) is 18.7. The van der Waals surface area contributed by atoms with E-state index in [4.69, 9.17) is 4.74 Å². The van der Waals surface area contributed by atoms with Crippen LogP contribution in [0.4, 0.5) is 0 Å². The van der Waals surface area contributed by atoms with E-state index in [1.807, 2.05) is 0 Å². The summed E-state index contributed by atoms with van der Waals surface area (Å²) in [5, 5.41) is 0. The molecule has 0 spiro atoms. The normalized spacial score (nSPS) is 16.5. The first-order valence-electron chi connectivity index (χ1n) is 8.26. The van der Waals surface area contributed by atoms with Crippen LogP contribution in [-0.4, -0.2) is 53.6 Å². The first kappa shape index (κ1) is 20.2. The lowest BCUT2D eigenvalue weighted by Gasteiger charge is -2.26. The summed E-state index contributed by atoms with van der Waals surface area (Å²) in [6.07, 6.45) is 4.85. The van der Waals surface area contributed by atoms with Gasteiger partial charge in [0.15, 0.2) is 0 Å². The van der Waals surface area contributed by atoms with Crippen LogP contribution in [0.15, 0.2) is 23.1 Å². The van der Waals surface area contributed by atoms with Crippen LogP contribution in [0.3, 0.4) is 0 Å². The summed E-state index contributed by atoms with van der Waals surface area (Å²) in [5.74, 6) is 0.584. The lowest BCUT2D eigenvalue weighted by Crippen LogP contribution is -2.43. The third kappa shape index (κ3) is 5.16. The maximum Gasteiger partial charge on any atom is 0.240 e. The van der Waals surface area contributed by atoms with Gasteiger partial charge in [-0.2, -0.15) is 4.31 Å². The van der Waals surface area contributed by atoms with Crippen molar-refractivity contribution in [3.8, 4) is 5.75 Å². The monoisotopic (exact) mass is 390 g/mol. The van der Waals surface area contributed by atoms with Crippen LogP contribution in [0, 0.1) is 6.92 Å². The number of nitrogens with one attached hydrogen (secondary N) is 1. The molecule has 1 aliphatic carbocycles. The molecule has 1 aliphatic rings. The molecule has 142 valence electrons. The Kier molecular flexibility index (Phi) is 6.47. The molecule has 2 rings (SSSR count). The van der Waals surface area contributed by atoms with E-state index in [1.54, 1.807) is 19.1 Å². The number of hydrogen-bond acceptors (Lipinski definition) is 5. The number of aryl methyl sites for hydroxylation is 1. The van der Waals surface area contributed by atoms with Crippen LogP contribution >= 0.6 is 0 Å². The molecular weight excluding hydrogens is 364 g/mol. The second-order valence-electron chi connectivity index (χ2n) is 6.34. The van der Waals surface area contributed by atoms with Crippen LogP contribution in [0.5, 0.6) is 5.75 Å². The smallest absolute Gasteiger partial charge is 0.240 e. The fraction of sp³-hybridized carbons (Fsp3) is 0.625. The molecule has 1 N–H and O–H groups in total. The van der Waals surface area contributed by atoms with Gasteiger partial charge in [-0.15, -0.1) is 0 Å². The highest BCUT2D eigenvalue weighted by atomic mass is 32.2. The number of methoxy groups -OCH3 is 1. The lowest BCUT2D eigenvalue weighted by molar-refractivity contribution is 0.328. The number of nitrogens with zero attached hydrogens (tertiary/aromatic N) is 1. The van der Waals surface area contributed by atoms with Gasteiger partial charge in [0.05, 0.1) is 18.3 Å². The van der Waals surface area contributed by atoms with Crippen LogP contribution in [0.1, 0.15) is 31.2 Å². The molecule has 1 saturated carbocycles. The molecule has 0 atom stereocenters. The molecule has 25 heavy (non-hydrogen) atoms. The second-order valence-corrected chi connectivity index (χ2v) is 10.0. The second kappa shape index (κ2) is 8.03. The van der Waals surface area contributed by atoms with Crippen LogP contribution in [0.25, 0.3) is 0 Å². The zero-order valence-corrected chi connectivity index (χ0v) is 16.5. The third-order valence-corrected chi connectivity index (χ3v) is 7.41. The molecular formula is C16H26N2O5S2.